The summed E-state index contributed by atoms with van der Waals surface area (Å²) in [6.07, 6.45) is -0.140. The van der Waals surface area contributed by atoms with Gasteiger partial charge in [-0.2, -0.15) is 0 Å². The Morgan fingerprint density at radius 2 is 2.00 bits per heavy atom. The van der Waals surface area contributed by atoms with Gasteiger partial charge in [0.1, 0.15) is 0 Å². The minimum absolute atomic E-state index is 0.109. The molecule has 1 unspecified atom stereocenters. The SMILES string of the molecule is CCOC(=O)CCS(=O)(=O)NC(CN)C(C)C. The highest BCUT2D eigenvalue weighted by Gasteiger charge is 2.20. The largest absolute Gasteiger partial charge is 0.466 e. The van der Waals surface area contributed by atoms with Crippen molar-refractivity contribution >= 4 is 16.0 Å². The molecule has 7 heteroatoms. The van der Waals surface area contributed by atoms with Gasteiger partial charge in [0.05, 0.1) is 18.8 Å². The number of carbonyl (C=O) groups is 1. The Kier molecular flexibility index (Phi) is 7.33. The lowest BCUT2D eigenvalue weighted by atomic mass is 10.1. The van der Waals surface area contributed by atoms with Crippen LogP contribution in [0.1, 0.15) is 27.2 Å². The molecule has 0 aliphatic heterocycles. The Bertz CT molecular complexity index is 327. The Morgan fingerprint density at radius 1 is 1.41 bits per heavy atom. The van der Waals surface area contributed by atoms with Gasteiger partial charge in [-0.05, 0) is 12.8 Å². The molecular formula is C10H22N2O4S. The summed E-state index contributed by atoms with van der Waals surface area (Å²) < 4.78 is 30.4. The van der Waals surface area contributed by atoms with Crippen LogP contribution in [-0.4, -0.2) is 39.3 Å². The van der Waals surface area contributed by atoms with Crippen molar-refractivity contribution in [1.29, 1.82) is 0 Å². The van der Waals surface area contributed by atoms with Crippen LogP contribution >= 0.6 is 0 Å². The molecule has 0 saturated heterocycles. The van der Waals surface area contributed by atoms with E-state index in [1.54, 1.807) is 6.92 Å². The predicted molar refractivity (Wildman–Crippen MR) is 65.9 cm³/mol. The standard InChI is InChI=1S/C10H22N2O4S/c1-4-16-10(13)5-6-17(14,15)12-9(7-11)8(2)3/h8-9,12H,4-7,11H2,1-3H3. The van der Waals surface area contributed by atoms with Gasteiger partial charge in [0.25, 0.3) is 0 Å². The molecule has 3 N–H and O–H groups in total. The topological polar surface area (TPSA) is 98.5 Å². The zero-order valence-electron chi connectivity index (χ0n) is 10.6. The van der Waals surface area contributed by atoms with E-state index in [2.05, 4.69) is 9.46 Å². The Hall–Kier alpha value is -0.660. The molecule has 0 aliphatic rings. The lowest BCUT2D eigenvalue weighted by Gasteiger charge is -2.20. The van der Waals surface area contributed by atoms with Crippen LogP contribution in [0.5, 0.6) is 0 Å². The van der Waals surface area contributed by atoms with Crippen molar-refractivity contribution in [3.63, 3.8) is 0 Å². The molecule has 0 spiro atoms. The second-order valence-electron chi connectivity index (χ2n) is 4.08. The highest BCUT2D eigenvalue weighted by atomic mass is 32.2. The van der Waals surface area contributed by atoms with Crippen molar-refractivity contribution in [3.8, 4) is 0 Å². The van der Waals surface area contributed by atoms with E-state index in [4.69, 9.17) is 5.73 Å². The summed E-state index contributed by atoms with van der Waals surface area (Å²) in [5.74, 6) is -0.668. The van der Waals surface area contributed by atoms with Crippen molar-refractivity contribution in [2.45, 2.75) is 33.2 Å². The van der Waals surface area contributed by atoms with Gasteiger partial charge in [-0.15, -0.1) is 0 Å². The molecule has 0 fully saturated rings. The summed E-state index contributed by atoms with van der Waals surface area (Å²) in [5, 5.41) is 0. The Balaban J connectivity index is 4.25. The quantitative estimate of drug-likeness (QED) is 0.595. The number of hydrogen-bond acceptors (Lipinski definition) is 5. The van der Waals surface area contributed by atoms with Crippen LogP contribution in [0.15, 0.2) is 0 Å². The summed E-state index contributed by atoms with van der Waals surface area (Å²) in [4.78, 5) is 11.0. The number of nitrogens with one attached hydrogen (secondary N) is 1. The first-order valence-electron chi connectivity index (χ1n) is 5.68. The van der Waals surface area contributed by atoms with E-state index in [1.165, 1.54) is 0 Å². The predicted octanol–water partition coefficient (Wildman–Crippen LogP) is -0.158. The molecule has 0 aromatic rings. The first-order valence-corrected chi connectivity index (χ1v) is 7.33. The number of nitrogens with two attached hydrogens (primary N) is 1. The van der Waals surface area contributed by atoms with Crippen molar-refractivity contribution in [1.82, 2.24) is 4.72 Å². The molecule has 1 atom stereocenters. The monoisotopic (exact) mass is 266 g/mol. The van der Waals surface area contributed by atoms with E-state index in [0.29, 0.717) is 0 Å². The number of sulfonamides is 1. The van der Waals surface area contributed by atoms with Gasteiger partial charge in [-0.3, -0.25) is 4.79 Å². The summed E-state index contributed by atoms with van der Waals surface area (Å²) in [6.45, 7) is 5.92. The van der Waals surface area contributed by atoms with Crippen molar-refractivity contribution in [2.24, 2.45) is 11.7 Å². The molecule has 6 nitrogen and oxygen atoms in total. The second kappa shape index (κ2) is 7.62. The zero-order chi connectivity index (χ0) is 13.5. The molecule has 0 heterocycles. The fourth-order valence-electron chi connectivity index (χ4n) is 1.20. The highest BCUT2D eigenvalue weighted by molar-refractivity contribution is 7.89. The highest BCUT2D eigenvalue weighted by Crippen LogP contribution is 2.03. The van der Waals surface area contributed by atoms with Gasteiger partial charge in [0.2, 0.25) is 10.0 Å². The maximum Gasteiger partial charge on any atom is 0.306 e. The second-order valence-corrected chi connectivity index (χ2v) is 5.95. The number of esters is 1. The molecule has 0 aliphatic carbocycles. The van der Waals surface area contributed by atoms with Gasteiger partial charge in [0, 0.05) is 12.6 Å². The number of hydrogen-bond donors (Lipinski definition) is 2. The van der Waals surface area contributed by atoms with Crippen LogP contribution in [0.2, 0.25) is 0 Å². The summed E-state index contributed by atoms with van der Waals surface area (Å²) in [5.41, 5.74) is 5.47. The molecule has 0 saturated carbocycles. The Morgan fingerprint density at radius 3 is 2.41 bits per heavy atom. The fraction of sp³-hybridized carbons (Fsp3) is 0.900. The molecule has 0 amide bonds. The van der Waals surface area contributed by atoms with E-state index in [-0.39, 0.29) is 37.3 Å². The maximum atomic E-state index is 11.6. The van der Waals surface area contributed by atoms with Crippen LogP contribution in [0.3, 0.4) is 0 Å². The van der Waals surface area contributed by atoms with Gasteiger partial charge in [-0.1, -0.05) is 13.8 Å². The lowest BCUT2D eigenvalue weighted by molar-refractivity contribution is -0.142. The molecular weight excluding hydrogens is 244 g/mol. The first kappa shape index (κ1) is 16.3. The van der Waals surface area contributed by atoms with Crippen LogP contribution in [0.4, 0.5) is 0 Å². The van der Waals surface area contributed by atoms with Crippen LogP contribution in [0, 0.1) is 5.92 Å². The molecule has 0 aromatic heterocycles. The molecule has 0 aromatic carbocycles. The van der Waals surface area contributed by atoms with Crippen molar-refractivity contribution < 1.29 is 17.9 Å². The summed E-state index contributed by atoms with van der Waals surface area (Å²) >= 11 is 0. The lowest BCUT2D eigenvalue weighted by Crippen LogP contribution is -2.44. The van der Waals surface area contributed by atoms with E-state index < -0.39 is 16.0 Å². The zero-order valence-corrected chi connectivity index (χ0v) is 11.4. The van der Waals surface area contributed by atoms with E-state index in [9.17, 15) is 13.2 Å². The van der Waals surface area contributed by atoms with Gasteiger partial charge >= 0.3 is 5.97 Å². The van der Waals surface area contributed by atoms with Crippen LogP contribution in [-0.2, 0) is 19.6 Å². The first-order chi connectivity index (χ1) is 7.82. The third-order valence-electron chi connectivity index (χ3n) is 2.27. The Labute approximate surface area is 103 Å². The third kappa shape index (κ3) is 7.30. The smallest absolute Gasteiger partial charge is 0.306 e. The van der Waals surface area contributed by atoms with Crippen LogP contribution in [0.25, 0.3) is 0 Å². The van der Waals surface area contributed by atoms with Crippen molar-refractivity contribution in [3.05, 3.63) is 0 Å². The number of ether oxygens (including phenoxy) is 1. The number of carbonyl (C=O) groups excluding carboxylic acids is 1. The fourth-order valence-corrected chi connectivity index (χ4v) is 2.58. The minimum Gasteiger partial charge on any atom is -0.466 e. The maximum absolute atomic E-state index is 11.6. The average Bonchev–Trinajstić information content (AvgIpc) is 2.23. The number of rotatable bonds is 8. The summed E-state index contributed by atoms with van der Waals surface area (Å²) in [7, 11) is -3.48. The summed E-state index contributed by atoms with van der Waals surface area (Å²) in [6, 6.07) is -0.304. The third-order valence-corrected chi connectivity index (χ3v) is 3.67. The molecule has 102 valence electrons. The normalized spacial score (nSPS) is 13.7. The van der Waals surface area contributed by atoms with E-state index in [1.807, 2.05) is 13.8 Å². The average molecular weight is 266 g/mol. The molecule has 0 radical (unpaired) electrons. The van der Waals surface area contributed by atoms with E-state index in [0.717, 1.165) is 0 Å². The minimum atomic E-state index is -3.48. The van der Waals surface area contributed by atoms with Crippen LogP contribution < -0.4 is 10.5 Å². The molecule has 17 heavy (non-hydrogen) atoms. The van der Waals surface area contributed by atoms with Gasteiger partial charge in [-0.25, -0.2) is 13.1 Å². The van der Waals surface area contributed by atoms with E-state index >= 15 is 0 Å². The van der Waals surface area contributed by atoms with Crippen molar-refractivity contribution in [2.75, 3.05) is 18.9 Å². The van der Waals surface area contributed by atoms with Gasteiger partial charge < -0.3 is 10.5 Å². The van der Waals surface area contributed by atoms with Gasteiger partial charge in [0.15, 0.2) is 0 Å². The molecule has 0 rings (SSSR count). The molecule has 0 bridgehead atoms.